The van der Waals surface area contributed by atoms with Gasteiger partial charge in [-0.3, -0.25) is 9.48 Å². The van der Waals surface area contributed by atoms with E-state index in [4.69, 9.17) is 14.0 Å². The lowest BCUT2D eigenvalue weighted by atomic mass is 10.1. The number of aromatic nitrogens is 4. The minimum Gasteiger partial charge on any atom is -0.487 e. The number of carbonyl (C=O) groups excluding carboxylic acids is 1. The lowest BCUT2D eigenvalue weighted by Crippen LogP contribution is -2.48. The summed E-state index contributed by atoms with van der Waals surface area (Å²) in [6.07, 6.45) is -2.87. The van der Waals surface area contributed by atoms with Crippen molar-refractivity contribution in [3.8, 4) is 28.6 Å². The van der Waals surface area contributed by atoms with Gasteiger partial charge >= 0.3 is 6.18 Å². The number of halogens is 3. The predicted octanol–water partition coefficient (Wildman–Crippen LogP) is 3.86. The number of alkyl halides is 3. The van der Waals surface area contributed by atoms with E-state index in [1.165, 1.54) is 12.1 Å². The van der Waals surface area contributed by atoms with E-state index < -0.39 is 11.7 Å². The van der Waals surface area contributed by atoms with Crippen LogP contribution in [0.4, 0.5) is 13.2 Å². The molecule has 0 bridgehead atoms. The van der Waals surface area contributed by atoms with E-state index in [1.54, 1.807) is 42.2 Å². The molecule has 2 aromatic heterocycles. The average Bonchev–Trinajstić information content (AvgIpc) is 3.46. The Bertz CT molecular complexity index is 1360. The highest BCUT2D eigenvalue weighted by Crippen LogP contribution is 2.31. The average molecular weight is 499 g/mol. The van der Waals surface area contributed by atoms with Gasteiger partial charge < -0.3 is 19.3 Å². The molecule has 1 saturated heterocycles. The van der Waals surface area contributed by atoms with Gasteiger partial charge in [0.05, 0.1) is 42.3 Å². The number of ether oxygens (including phenoxy) is 2. The summed E-state index contributed by atoms with van der Waals surface area (Å²) >= 11 is 0. The van der Waals surface area contributed by atoms with E-state index in [2.05, 4.69) is 20.6 Å². The molecule has 2 aromatic carbocycles. The Hall–Kier alpha value is -4.19. The Morgan fingerprint density at radius 2 is 1.86 bits per heavy atom. The van der Waals surface area contributed by atoms with Crippen LogP contribution < -0.4 is 10.1 Å². The lowest BCUT2D eigenvalue weighted by molar-refractivity contribution is -0.137. The Kier molecular flexibility index (Phi) is 6.18. The summed E-state index contributed by atoms with van der Waals surface area (Å²) < 4.78 is 56.0. The first-order chi connectivity index (χ1) is 17.3. The highest BCUT2D eigenvalue weighted by atomic mass is 19.4. The van der Waals surface area contributed by atoms with Gasteiger partial charge in [-0.1, -0.05) is 17.3 Å². The van der Waals surface area contributed by atoms with Crippen molar-refractivity contribution in [1.82, 2.24) is 25.2 Å². The summed E-state index contributed by atoms with van der Waals surface area (Å²) in [7, 11) is 1.70. The summed E-state index contributed by atoms with van der Waals surface area (Å²) in [6.45, 7) is 1.05. The quantitative estimate of drug-likeness (QED) is 0.412. The Morgan fingerprint density at radius 3 is 2.50 bits per heavy atom. The van der Waals surface area contributed by atoms with Crippen molar-refractivity contribution in [1.29, 1.82) is 0 Å². The zero-order valence-electron chi connectivity index (χ0n) is 19.0. The van der Waals surface area contributed by atoms with E-state index in [1.807, 2.05) is 0 Å². The number of hydrogen-bond acceptors (Lipinski definition) is 7. The van der Waals surface area contributed by atoms with Crippen LogP contribution in [-0.2, 0) is 24.6 Å². The topological polar surface area (TPSA) is 104 Å². The molecule has 0 radical (unpaired) electrons. The minimum atomic E-state index is -4.42. The van der Waals surface area contributed by atoms with Crippen LogP contribution in [0.2, 0.25) is 0 Å². The third-order valence-corrected chi connectivity index (χ3v) is 5.65. The van der Waals surface area contributed by atoms with Crippen molar-refractivity contribution in [2.45, 2.75) is 18.8 Å². The van der Waals surface area contributed by atoms with E-state index in [0.717, 1.165) is 12.1 Å². The maximum Gasteiger partial charge on any atom is 0.416 e. The van der Waals surface area contributed by atoms with Crippen LogP contribution >= 0.6 is 0 Å². The second kappa shape index (κ2) is 9.46. The number of nitrogens with zero attached hydrogens (tertiary/aromatic N) is 4. The molecule has 186 valence electrons. The monoisotopic (exact) mass is 499 g/mol. The normalized spacial score (nSPS) is 13.9. The van der Waals surface area contributed by atoms with Crippen molar-refractivity contribution >= 4 is 5.91 Å². The Morgan fingerprint density at radius 1 is 1.14 bits per heavy atom. The van der Waals surface area contributed by atoms with Gasteiger partial charge in [0.25, 0.3) is 11.8 Å². The summed E-state index contributed by atoms with van der Waals surface area (Å²) in [5.74, 6) is 0.616. The van der Waals surface area contributed by atoms with Gasteiger partial charge in [-0.25, -0.2) is 0 Å². The van der Waals surface area contributed by atoms with Gasteiger partial charge in [0.1, 0.15) is 12.4 Å². The van der Waals surface area contributed by atoms with E-state index in [0.29, 0.717) is 41.4 Å². The standard InChI is InChI=1S/C24H20F3N5O4/c1-32-20(13-35-18-8-6-16(7-9-18)24(25,26)27)19(10-28-32)23-30-21(31-36-23)14-2-4-15(5-3-14)22(33)29-17-11-34-12-17/h2-10,17H,11-13H2,1H3,(H,29,33). The van der Waals surface area contributed by atoms with Gasteiger partial charge in [-0.15, -0.1) is 0 Å². The van der Waals surface area contributed by atoms with Crippen LogP contribution in [0.1, 0.15) is 21.6 Å². The lowest BCUT2D eigenvalue weighted by Gasteiger charge is -2.26. The van der Waals surface area contributed by atoms with Gasteiger partial charge in [-0.2, -0.15) is 23.3 Å². The van der Waals surface area contributed by atoms with Gasteiger partial charge in [-0.05, 0) is 36.4 Å². The second-order valence-electron chi connectivity index (χ2n) is 8.15. The molecule has 1 amide bonds. The molecule has 1 N–H and O–H groups in total. The van der Waals surface area contributed by atoms with Crippen molar-refractivity contribution in [3.63, 3.8) is 0 Å². The highest BCUT2D eigenvalue weighted by Gasteiger charge is 2.30. The molecule has 9 nitrogen and oxygen atoms in total. The van der Waals surface area contributed by atoms with E-state index in [-0.39, 0.29) is 30.2 Å². The fourth-order valence-corrected chi connectivity index (χ4v) is 3.51. The van der Waals surface area contributed by atoms with Crippen molar-refractivity contribution in [2.75, 3.05) is 13.2 Å². The zero-order chi connectivity index (χ0) is 25.3. The summed E-state index contributed by atoms with van der Waals surface area (Å²) in [4.78, 5) is 16.7. The smallest absolute Gasteiger partial charge is 0.416 e. The number of rotatable bonds is 7. The summed E-state index contributed by atoms with van der Waals surface area (Å²) in [6, 6.07) is 11.3. The first-order valence-electron chi connectivity index (χ1n) is 10.9. The Balaban J connectivity index is 1.28. The van der Waals surface area contributed by atoms with Crippen LogP contribution in [0.25, 0.3) is 22.8 Å². The predicted molar refractivity (Wildman–Crippen MR) is 120 cm³/mol. The molecule has 36 heavy (non-hydrogen) atoms. The molecular formula is C24H20F3N5O4. The molecule has 0 atom stereocenters. The molecule has 1 fully saturated rings. The summed E-state index contributed by atoms with van der Waals surface area (Å²) in [5.41, 5.74) is 1.53. The fraction of sp³-hybridized carbons (Fsp3) is 0.250. The molecule has 0 saturated carbocycles. The molecule has 1 aliphatic rings. The number of nitrogens with one attached hydrogen (secondary N) is 1. The second-order valence-corrected chi connectivity index (χ2v) is 8.15. The molecule has 4 aromatic rings. The molecule has 1 aliphatic heterocycles. The number of amides is 1. The van der Waals surface area contributed by atoms with Gasteiger partial charge in [0.15, 0.2) is 0 Å². The molecule has 0 aliphatic carbocycles. The third kappa shape index (κ3) is 4.93. The van der Waals surface area contributed by atoms with Crippen molar-refractivity contribution in [2.24, 2.45) is 7.05 Å². The first kappa shape index (κ1) is 23.5. The van der Waals surface area contributed by atoms with Crippen molar-refractivity contribution in [3.05, 3.63) is 71.5 Å². The minimum absolute atomic E-state index is 0.0186. The SMILES string of the molecule is Cn1ncc(-c2nc(-c3ccc(C(=O)NC4COC4)cc3)no2)c1COc1ccc(C(F)(F)F)cc1. The van der Waals surface area contributed by atoms with Crippen LogP contribution in [0, 0.1) is 0 Å². The summed E-state index contributed by atoms with van der Waals surface area (Å²) in [5, 5.41) is 11.1. The molecule has 0 spiro atoms. The molecule has 0 unspecified atom stereocenters. The van der Waals surface area contributed by atoms with E-state index >= 15 is 0 Å². The molecule has 3 heterocycles. The van der Waals surface area contributed by atoms with Gasteiger partial charge in [0.2, 0.25) is 5.82 Å². The third-order valence-electron chi connectivity index (χ3n) is 5.65. The van der Waals surface area contributed by atoms with Crippen LogP contribution in [-0.4, -0.2) is 45.1 Å². The molecular weight excluding hydrogens is 479 g/mol. The largest absolute Gasteiger partial charge is 0.487 e. The zero-order valence-corrected chi connectivity index (χ0v) is 19.0. The van der Waals surface area contributed by atoms with Crippen LogP contribution in [0.15, 0.2) is 59.3 Å². The number of benzene rings is 2. The number of carbonyl (C=O) groups is 1. The first-order valence-corrected chi connectivity index (χ1v) is 10.9. The molecule has 12 heteroatoms. The number of aryl methyl sites for hydroxylation is 1. The maximum atomic E-state index is 12.8. The van der Waals surface area contributed by atoms with Crippen molar-refractivity contribution < 1.29 is 32.0 Å². The highest BCUT2D eigenvalue weighted by molar-refractivity contribution is 5.94. The van der Waals surface area contributed by atoms with Gasteiger partial charge in [0, 0.05) is 18.2 Å². The maximum absolute atomic E-state index is 12.8. The Labute approximate surface area is 202 Å². The van der Waals surface area contributed by atoms with E-state index in [9.17, 15) is 18.0 Å². The van der Waals surface area contributed by atoms with Crippen LogP contribution in [0.3, 0.4) is 0 Å². The molecule has 5 rings (SSSR count). The van der Waals surface area contributed by atoms with Crippen LogP contribution in [0.5, 0.6) is 5.75 Å². The number of hydrogen-bond donors (Lipinski definition) is 1. The fourth-order valence-electron chi connectivity index (χ4n) is 3.51.